The highest BCUT2D eigenvalue weighted by molar-refractivity contribution is 7.80. The van der Waals surface area contributed by atoms with E-state index in [0.29, 0.717) is 17.9 Å². The first-order valence-electron chi connectivity index (χ1n) is 20.6. The largest absolute Gasteiger partial charge is 0.530 e. The fourth-order valence-electron chi connectivity index (χ4n) is 8.69. The van der Waals surface area contributed by atoms with Gasteiger partial charge in [0.2, 0.25) is 0 Å². The maximum atomic E-state index is 13.0. The van der Waals surface area contributed by atoms with E-state index in [4.69, 9.17) is 4.55 Å². The number of rotatable bonds is 18. The summed E-state index contributed by atoms with van der Waals surface area (Å²) in [4.78, 5) is 52.1. The van der Waals surface area contributed by atoms with Gasteiger partial charge in [0.15, 0.2) is 0 Å². The van der Waals surface area contributed by atoms with E-state index in [0.717, 1.165) is 29.1 Å². The van der Waals surface area contributed by atoms with Crippen LogP contribution in [-0.2, 0) is 24.3 Å². The quantitative estimate of drug-likeness (QED) is 0.0998. The Bertz CT molecular complexity index is 1330. The van der Waals surface area contributed by atoms with Crippen molar-refractivity contribution < 1.29 is 46.0 Å². The second kappa shape index (κ2) is 19.9. The third-order valence-electron chi connectivity index (χ3n) is 12.4. The number of hydrogen-bond donors (Lipinski definition) is 3. The van der Waals surface area contributed by atoms with Gasteiger partial charge in [-0.15, -0.1) is 4.28 Å². The smallest absolute Gasteiger partial charge is 0.418 e. The highest BCUT2D eigenvalue weighted by atomic mass is 32.3. The number of quaternary nitrogens is 1. The Labute approximate surface area is 324 Å². The highest BCUT2D eigenvalue weighted by Gasteiger charge is 2.53. The van der Waals surface area contributed by atoms with E-state index < -0.39 is 52.5 Å². The molecule has 3 saturated heterocycles. The zero-order valence-corrected chi connectivity index (χ0v) is 34.9. The maximum Gasteiger partial charge on any atom is 0.418 e. The molecule has 3 aliphatic heterocycles. The molecule has 312 valence electrons. The SMILES string of the molecule is CC(C)(C)C1(C[C@@H]2CCN(C(=O)[O-])[C@H](C(=O)NNC(=O)[C@@H]3CC[C@@H]4CN3C(=O)N4OS(=O)(=O)O)C2)CC1.CCCC[N+](CCCC)(CCCC)CCCC. The maximum absolute atomic E-state index is 13.0. The number of nitrogens with one attached hydrogen (secondary N) is 2. The van der Waals surface area contributed by atoms with E-state index in [2.05, 4.69) is 63.6 Å². The molecular formula is C38H70N6O9S. The second-order valence-corrected chi connectivity index (χ2v) is 18.2. The topological polar surface area (TPSA) is 189 Å². The molecule has 0 aromatic carbocycles. The van der Waals surface area contributed by atoms with Gasteiger partial charge in [-0.2, -0.15) is 13.5 Å². The molecule has 1 saturated carbocycles. The lowest BCUT2D eigenvalue weighted by atomic mass is 9.70. The number of urea groups is 1. The minimum atomic E-state index is -4.92. The molecule has 4 atom stereocenters. The number of hydrogen-bond acceptors (Lipinski definition) is 8. The Balaban J connectivity index is 0.000000390. The lowest BCUT2D eigenvalue weighted by molar-refractivity contribution is -0.929. The predicted molar refractivity (Wildman–Crippen MR) is 203 cm³/mol. The van der Waals surface area contributed by atoms with Gasteiger partial charge in [-0.25, -0.2) is 4.79 Å². The Kier molecular flexibility index (Phi) is 16.9. The molecule has 16 heteroatoms. The second-order valence-electron chi connectivity index (χ2n) is 17.2. The summed E-state index contributed by atoms with van der Waals surface area (Å²) in [5.74, 6) is -1.26. The first-order chi connectivity index (χ1) is 25.4. The van der Waals surface area contributed by atoms with Gasteiger partial charge in [-0.3, -0.25) is 25.0 Å². The van der Waals surface area contributed by atoms with Crippen molar-refractivity contribution in [3.63, 3.8) is 0 Å². The lowest BCUT2D eigenvalue weighted by Crippen LogP contribution is -2.61. The van der Waals surface area contributed by atoms with Crippen LogP contribution in [0.1, 0.15) is 145 Å². The summed E-state index contributed by atoms with van der Waals surface area (Å²) < 4.78 is 36.7. The van der Waals surface area contributed by atoms with Crippen molar-refractivity contribution in [1.29, 1.82) is 0 Å². The molecule has 4 fully saturated rings. The fraction of sp³-hybridized carbons (Fsp3) is 0.895. The average Bonchev–Trinajstić information content (AvgIpc) is 3.88. The molecule has 1 aliphatic carbocycles. The Morgan fingerprint density at radius 2 is 1.37 bits per heavy atom. The molecule has 0 unspecified atom stereocenters. The molecule has 15 nitrogen and oxygen atoms in total. The molecule has 2 bridgehead atoms. The minimum Gasteiger partial charge on any atom is -0.530 e. The van der Waals surface area contributed by atoms with Gasteiger partial charge < -0.3 is 24.2 Å². The number of unbranched alkanes of at least 4 members (excludes halogenated alkanes) is 4. The molecule has 0 radical (unpaired) electrons. The van der Waals surface area contributed by atoms with Gasteiger partial charge in [0.05, 0.1) is 32.2 Å². The number of fused-ring (bicyclic) bond motifs is 2. The monoisotopic (exact) mass is 786 g/mol. The van der Waals surface area contributed by atoms with Gasteiger partial charge in [0.25, 0.3) is 11.8 Å². The van der Waals surface area contributed by atoms with E-state index in [-0.39, 0.29) is 42.7 Å². The molecule has 0 aromatic rings. The summed E-state index contributed by atoms with van der Waals surface area (Å²) in [6.45, 7) is 21.8. The van der Waals surface area contributed by atoms with E-state index in [1.165, 1.54) is 82.0 Å². The standard InChI is InChI=1S/C22H35N5O9S.C16H36N/c1-21(2,3)22(7-8-22)11-13-6-9-25(20(31)32)16(10-13)18(29)24-23-17(28)15-5-4-14-12-26(15)19(30)27(14)36-37(33,34)35;1-5-9-13-17(14-10-6-2,15-11-7-3)16-12-8-4/h13-16H,4-12H2,1-3H3,(H,23,28)(H,24,29)(H,31,32)(H,33,34,35);5-16H2,1-4H3/q;+1/p-1/t13-,14-,15+,16+;/m1./s1. The molecule has 3 heterocycles. The summed E-state index contributed by atoms with van der Waals surface area (Å²) >= 11 is 0. The summed E-state index contributed by atoms with van der Waals surface area (Å²) in [5.41, 5.74) is 4.87. The zero-order chi connectivity index (χ0) is 40.3. The molecular weight excluding hydrogens is 717 g/mol. The van der Waals surface area contributed by atoms with Crippen LogP contribution in [0.5, 0.6) is 0 Å². The fourth-order valence-corrected chi connectivity index (χ4v) is 9.08. The van der Waals surface area contributed by atoms with Crippen LogP contribution in [0.3, 0.4) is 0 Å². The molecule has 5 amide bonds. The summed E-state index contributed by atoms with van der Waals surface area (Å²) in [5, 5.41) is 12.2. The van der Waals surface area contributed by atoms with Crippen molar-refractivity contribution in [2.24, 2.45) is 16.7 Å². The zero-order valence-electron chi connectivity index (χ0n) is 34.1. The minimum absolute atomic E-state index is 0.00131. The molecule has 0 aromatic heterocycles. The molecule has 4 rings (SSSR count). The van der Waals surface area contributed by atoms with Crippen LogP contribution in [0.4, 0.5) is 9.59 Å². The number of likely N-dealkylation sites (tertiary alicyclic amines) is 1. The van der Waals surface area contributed by atoms with E-state index in [1.807, 2.05) is 0 Å². The summed E-state index contributed by atoms with van der Waals surface area (Å²) in [7, 11) is -4.92. The van der Waals surface area contributed by atoms with Crippen LogP contribution >= 0.6 is 0 Å². The number of nitrogens with zero attached hydrogens (tertiary/aromatic N) is 4. The highest BCUT2D eigenvalue weighted by Crippen LogP contribution is 2.62. The van der Waals surface area contributed by atoms with Crippen LogP contribution in [0.2, 0.25) is 0 Å². The van der Waals surface area contributed by atoms with Crippen LogP contribution in [0.15, 0.2) is 0 Å². The number of piperidine rings is 2. The Hall–Kier alpha value is -2.69. The normalized spacial score (nSPS) is 23.8. The number of carbonyl (C=O) groups is 4. The van der Waals surface area contributed by atoms with Crippen LogP contribution in [0.25, 0.3) is 0 Å². The van der Waals surface area contributed by atoms with Crippen molar-refractivity contribution >= 4 is 34.3 Å². The van der Waals surface area contributed by atoms with Gasteiger partial charge in [0.1, 0.15) is 18.2 Å². The Morgan fingerprint density at radius 3 is 1.80 bits per heavy atom. The van der Waals surface area contributed by atoms with Crippen molar-refractivity contribution in [3.8, 4) is 0 Å². The molecule has 3 N–H and O–H groups in total. The van der Waals surface area contributed by atoms with Gasteiger partial charge in [0, 0.05) is 13.1 Å². The number of hydroxylamine groups is 2. The molecule has 54 heavy (non-hydrogen) atoms. The summed E-state index contributed by atoms with van der Waals surface area (Å²) in [6.07, 6.45) is 14.0. The summed E-state index contributed by atoms with van der Waals surface area (Å²) in [6, 6.07) is -3.61. The number of hydrazine groups is 1. The first kappa shape index (κ1) is 45.7. The third-order valence-corrected chi connectivity index (χ3v) is 12.8. The van der Waals surface area contributed by atoms with Crippen molar-refractivity contribution in [2.75, 3.05) is 39.3 Å². The predicted octanol–water partition coefficient (Wildman–Crippen LogP) is 4.78. The first-order valence-corrected chi connectivity index (χ1v) is 21.9. The van der Waals surface area contributed by atoms with Crippen LogP contribution in [-0.4, -0.2) is 114 Å². The average molecular weight is 787 g/mol. The van der Waals surface area contributed by atoms with Gasteiger partial charge in [-0.1, -0.05) is 74.1 Å². The lowest BCUT2D eigenvalue weighted by Gasteiger charge is -2.42. The van der Waals surface area contributed by atoms with Gasteiger partial charge >= 0.3 is 16.4 Å². The van der Waals surface area contributed by atoms with Crippen LogP contribution in [0, 0.1) is 16.7 Å². The Morgan fingerprint density at radius 1 is 0.870 bits per heavy atom. The number of carbonyl (C=O) groups excluding carboxylic acids is 4. The van der Waals surface area contributed by atoms with Crippen molar-refractivity contribution in [1.82, 2.24) is 25.7 Å². The van der Waals surface area contributed by atoms with E-state index >= 15 is 0 Å². The number of amides is 5. The molecule has 0 spiro atoms. The molecule has 4 aliphatic rings. The van der Waals surface area contributed by atoms with Crippen molar-refractivity contribution in [2.45, 2.75) is 163 Å². The number of carboxylic acid groups (broad SMARTS) is 1. The van der Waals surface area contributed by atoms with Gasteiger partial charge in [-0.05, 0) is 87.4 Å². The van der Waals surface area contributed by atoms with E-state index in [9.17, 15) is 32.7 Å². The van der Waals surface area contributed by atoms with Crippen molar-refractivity contribution in [3.05, 3.63) is 0 Å². The van der Waals surface area contributed by atoms with Crippen LogP contribution < -0.4 is 16.0 Å². The third kappa shape index (κ3) is 12.4. The van der Waals surface area contributed by atoms with E-state index in [1.54, 1.807) is 0 Å².